The number of carbonyl (C=O) groups excluding carboxylic acids is 1. The van der Waals surface area contributed by atoms with E-state index in [1.807, 2.05) is 19.1 Å². The lowest BCUT2D eigenvalue weighted by molar-refractivity contribution is -0.124. The van der Waals surface area contributed by atoms with Gasteiger partial charge in [0.2, 0.25) is 11.8 Å². The molecule has 2 N–H and O–H groups in total. The van der Waals surface area contributed by atoms with Gasteiger partial charge in [-0.3, -0.25) is 14.2 Å². The summed E-state index contributed by atoms with van der Waals surface area (Å²) < 4.78 is 21.0. The largest absolute Gasteiger partial charge is 0.480 e. The van der Waals surface area contributed by atoms with Gasteiger partial charge in [-0.2, -0.15) is 0 Å². The number of pyridine rings is 1. The van der Waals surface area contributed by atoms with Crippen LogP contribution in [0.15, 0.2) is 59.8 Å². The molecular weight excluding hydrogens is 461 g/mol. The first kappa shape index (κ1) is 24.8. The van der Waals surface area contributed by atoms with Crippen molar-refractivity contribution in [2.24, 2.45) is 5.92 Å². The number of rotatable bonds is 8. The zero-order chi connectivity index (χ0) is 25.8. The topological polar surface area (TPSA) is 98.1 Å². The molecule has 0 saturated carbocycles. The minimum absolute atomic E-state index is 0.148. The molecule has 0 aliphatic heterocycles. The molecule has 1 amide bonds. The number of fused-ring (bicyclic) bond motifs is 1. The normalized spacial score (nSPS) is 11.8. The third-order valence-corrected chi connectivity index (χ3v) is 6.04. The predicted octanol–water partition coefficient (Wildman–Crippen LogP) is 3.91. The first-order valence-corrected chi connectivity index (χ1v) is 11.5. The number of hydrogen-bond acceptors (Lipinski definition) is 6. The Bertz CT molecular complexity index is 1480. The van der Waals surface area contributed by atoms with Crippen molar-refractivity contribution in [1.82, 2.24) is 19.9 Å². The van der Waals surface area contributed by atoms with E-state index >= 15 is 0 Å². The maximum absolute atomic E-state index is 14.2. The molecule has 186 valence electrons. The van der Waals surface area contributed by atoms with Crippen LogP contribution in [0.2, 0.25) is 0 Å². The highest BCUT2D eigenvalue weighted by Gasteiger charge is 2.15. The second-order valence-electron chi connectivity index (χ2n) is 8.68. The number of nitrogens with one attached hydrogen (secondary N) is 2. The number of anilines is 1. The van der Waals surface area contributed by atoms with Gasteiger partial charge in [0.05, 0.1) is 35.9 Å². The number of aromatic nitrogens is 3. The van der Waals surface area contributed by atoms with Gasteiger partial charge in [0, 0.05) is 37.5 Å². The Hall–Kier alpha value is -4.27. The highest BCUT2D eigenvalue weighted by atomic mass is 19.1. The summed E-state index contributed by atoms with van der Waals surface area (Å²) in [5, 5.41) is 6.24. The first-order chi connectivity index (χ1) is 17.3. The predicted molar refractivity (Wildman–Crippen MR) is 137 cm³/mol. The van der Waals surface area contributed by atoms with E-state index in [1.54, 1.807) is 44.4 Å². The zero-order valence-corrected chi connectivity index (χ0v) is 20.6. The molecule has 0 bridgehead atoms. The molecule has 0 radical (unpaired) electrons. The van der Waals surface area contributed by atoms with Crippen molar-refractivity contribution in [3.8, 4) is 17.0 Å². The lowest BCUT2D eigenvalue weighted by atomic mass is 10.0. The van der Waals surface area contributed by atoms with E-state index in [2.05, 4.69) is 20.6 Å². The van der Waals surface area contributed by atoms with Crippen LogP contribution in [-0.2, 0) is 17.9 Å². The van der Waals surface area contributed by atoms with Crippen molar-refractivity contribution in [2.75, 3.05) is 19.5 Å². The summed E-state index contributed by atoms with van der Waals surface area (Å²) in [6, 6.07) is 12.2. The number of amides is 1. The highest BCUT2D eigenvalue weighted by molar-refractivity contribution is 5.84. The van der Waals surface area contributed by atoms with Gasteiger partial charge in [0.25, 0.3) is 5.56 Å². The van der Waals surface area contributed by atoms with E-state index < -0.39 is 0 Å². The molecular formula is C27H28FN5O3. The van der Waals surface area contributed by atoms with Gasteiger partial charge in [-0.1, -0.05) is 30.7 Å². The molecule has 2 aromatic heterocycles. The molecule has 0 saturated heterocycles. The Balaban J connectivity index is 1.67. The van der Waals surface area contributed by atoms with Gasteiger partial charge in [-0.15, -0.1) is 0 Å². The average Bonchev–Trinajstić information content (AvgIpc) is 2.89. The van der Waals surface area contributed by atoms with E-state index in [4.69, 9.17) is 4.74 Å². The SMILES string of the molecule is CNC(=O)[C@@H](C)Cn1cnc2ccc(-c3cnc(OC)c(NCc4cc(C)ccc4F)c3)cc2c1=O. The van der Waals surface area contributed by atoms with Crippen molar-refractivity contribution < 1.29 is 13.9 Å². The summed E-state index contributed by atoms with van der Waals surface area (Å²) in [6.07, 6.45) is 3.12. The molecule has 2 aromatic carbocycles. The van der Waals surface area contributed by atoms with Gasteiger partial charge < -0.3 is 15.4 Å². The molecule has 0 aliphatic carbocycles. The van der Waals surface area contributed by atoms with Crippen LogP contribution in [0.5, 0.6) is 5.88 Å². The van der Waals surface area contributed by atoms with Crippen LogP contribution in [0.25, 0.3) is 22.0 Å². The van der Waals surface area contributed by atoms with Gasteiger partial charge in [0.1, 0.15) is 5.82 Å². The summed E-state index contributed by atoms with van der Waals surface area (Å²) >= 11 is 0. The zero-order valence-electron chi connectivity index (χ0n) is 20.6. The van der Waals surface area contributed by atoms with E-state index in [-0.39, 0.29) is 36.3 Å². The molecule has 4 rings (SSSR count). The minimum atomic E-state index is -0.382. The van der Waals surface area contributed by atoms with Crippen LogP contribution in [0.3, 0.4) is 0 Å². The maximum Gasteiger partial charge on any atom is 0.261 e. The van der Waals surface area contributed by atoms with Crippen molar-refractivity contribution in [3.63, 3.8) is 0 Å². The van der Waals surface area contributed by atoms with Crippen LogP contribution in [0, 0.1) is 18.7 Å². The molecule has 0 aliphatic rings. The van der Waals surface area contributed by atoms with E-state index in [0.29, 0.717) is 28.0 Å². The fourth-order valence-corrected chi connectivity index (χ4v) is 4.02. The van der Waals surface area contributed by atoms with Gasteiger partial charge in [0.15, 0.2) is 0 Å². The Morgan fingerprint density at radius 3 is 2.69 bits per heavy atom. The second kappa shape index (κ2) is 10.6. The fourth-order valence-electron chi connectivity index (χ4n) is 4.02. The summed E-state index contributed by atoms with van der Waals surface area (Å²) in [6.45, 7) is 4.14. The number of hydrogen-bond donors (Lipinski definition) is 2. The smallest absolute Gasteiger partial charge is 0.261 e. The number of benzene rings is 2. The lowest BCUT2D eigenvalue weighted by Crippen LogP contribution is -2.32. The average molecular weight is 490 g/mol. The van der Waals surface area contributed by atoms with Crippen LogP contribution in [0.4, 0.5) is 10.1 Å². The van der Waals surface area contributed by atoms with Crippen LogP contribution < -0.4 is 20.9 Å². The number of nitrogens with zero attached hydrogens (tertiary/aromatic N) is 3. The first-order valence-electron chi connectivity index (χ1n) is 11.5. The summed E-state index contributed by atoms with van der Waals surface area (Å²) in [7, 11) is 3.08. The number of aryl methyl sites for hydroxylation is 1. The number of carbonyl (C=O) groups is 1. The van der Waals surface area contributed by atoms with E-state index in [1.165, 1.54) is 24.1 Å². The quantitative estimate of drug-likeness (QED) is 0.390. The Morgan fingerprint density at radius 2 is 1.94 bits per heavy atom. The molecule has 0 unspecified atom stereocenters. The van der Waals surface area contributed by atoms with Crippen molar-refractivity contribution >= 4 is 22.5 Å². The third-order valence-electron chi connectivity index (χ3n) is 6.04. The minimum Gasteiger partial charge on any atom is -0.480 e. The Morgan fingerprint density at radius 1 is 1.14 bits per heavy atom. The van der Waals surface area contributed by atoms with E-state index in [9.17, 15) is 14.0 Å². The number of methoxy groups -OCH3 is 1. The van der Waals surface area contributed by atoms with Crippen LogP contribution in [-0.4, -0.2) is 34.6 Å². The van der Waals surface area contributed by atoms with Gasteiger partial charge in [-0.25, -0.2) is 14.4 Å². The lowest BCUT2D eigenvalue weighted by Gasteiger charge is -2.14. The van der Waals surface area contributed by atoms with Crippen LogP contribution in [0.1, 0.15) is 18.1 Å². The number of ether oxygens (including phenoxy) is 1. The Kier molecular flexibility index (Phi) is 7.28. The molecule has 4 aromatic rings. The summed E-state index contributed by atoms with van der Waals surface area (Å²) in [4.78, 5) is 33.8. The monoisotopic (exact) mass is 489 g/mol. The Labute approximate surface area is 208 Å². The van der Waals surface area contributed by atoms with Crippen molar-refractivity contribution in [2.45, 2.75) is 26.9 Å². The maximum atomic E-state index is 14.2. The second-order valence-corrected chi connectivity index (χ2v) is 8.68. The fraction of sp³-hybridized carbons (Fsp3) is 0.259. The van der Waals surface area contributed by atoms with Gasteiger partial charge in [-0.05, 0) is 36.8 Å². The van der Waals surface area contributed by atoms with Gasteiger partial charge >= 0.3 is 0 Å². The van der Waals surface area contributed by atoms with E-state index in [0.717, 1.165) is 16.7 Å². The third kappa shape index (κ3) is 5.19. The number of halogens is 1. The molecule has 1 atom stereocenters. The van der Waals surface area contributed by atoms with Crippen molar-refractivity contribution in [3.05, 3.63) is 82.3 Å². The molecule has 36 heavy (non-hydrogen) atoms. The highest BCUT2D eigenvalue weighted by Crippen LogP contribution is 2.30. The molecule has 8 nitrogen and oxygen atoms in total. The molecule has 0 spiro atoms. The summed E-state index contributed by atoms with van der Waals surface area (Å²) in [5.74, 6) is -0.446. The summed E-state index contributed by atoms with van der Waals surface area (Å²) in [5.41, 5.74) is 3.93. The molecule has 2 heterocycles. The molecule has 9 heteroatoms. The van der Waals surface area contributed by atoms with Crippen LogP contribution >= 0.6 is 0 Å². The standard InChI is InChI=1S/C27H28FN5O3/c1-16-5-7-22(28)20(9-16)13-30-24-11-19(12-31-26(24)36-4)18-6-8-23-21(10-18)27(35)33(15-32-23)14-17(2)25(34)29-3/h5-12,15,17,30H,13-14H2,1-4H3,(H,29,34)/t17-/m0/s1. The molecule has 0 fully saturated rings. The van der Waals surface area contributed by atoms with Crippen molar-refractivity contribution in [1.29, 1.82) is 0 Å².